The zero-order valence-corrected chi connectivity index (χ0v) is 7.87. The number of alkyl halides is 1. The van der Waals surface area contributed by atoms with E-state index in [9.17, 15) is 18.0 Å². The molecule has 0 aliphatic heterocycles. The van der Waals surface area contributed by atoms with Crippen molar-refractivity contribution in [1.82, 2.24) is 0 Å². The second-order valence-corrected chi connectivity index (χ2v) is 3.22. The maximum atomic E-state index is 12.8. The van der Waals surface area contributed by atoms with Crippen LogP contribution in [0.25, 0.3) is 0 Å². The van der Waals surface area contributed by atoms with Gasteiger partial charge in [-0.05, 0) is 12.1 Å². The highest BCUT2D eigenvalue weighted by molar-refractivity contribution is 9.10. The van der Waals surface area contributed by atoms with E-state index in [2.05, 4.69) is 15.9 Å². The minimum absolute atomic E-state index is 0.197. The van der Waals surface area contributed by atoms with Crippen molar-refractivity contribution in [2.24, 2.45) is 0 Å². The summed E-state index contributed by atoms with van der Waals surface area (Å²) in [4.78, 5) is 10.7. The number of ketones is 1. The first-order chi connectivity index (χ1) is 6.06. The lowest BCUT2D eigenvalue weighted by atomic mass is 10.1. The smallest absolute Gasteiger partial charge is 0.196 e. The van der Waals surface area contributed by atoms with Crippen LogP contribution in [-0.2, 0) is 0 Å². The van der Waals surface area contributed by atoms with E-state index in [0.717, 1.165) is 12.1 Å². The molecule has 0 spiro atoms. The molecule has 0 fully saturated rings. The SMILES string of the molecule is O=C(CF)c1cc(Br)cc(F)c1F. The summed E-state index contributed by atoms with van der Waals surface area (Å²) in [6.45, 7) is -1.34. The predicted molar refractivity (Wildman–Crippen MR) is 44.4 cm³/mol. The van der Waals surface area contributed by atoms with Crippen molar-refractivity contribution in [3.8, 4) is 0 Å². The first-order valence-electron chi connectivity index (χ1n) is 3.30. The molecule has 0 aliphatic carbocycles. The summed E-state index contributed by atoms with van der Waals surface area (Å²) in [5.41, 5.74) is -0.575. The fraction of sp³-hybridized carbons (Fsp3) is 0.125. The Morgan fingerprint density at radius 3 is 2.54 bits per heavy atom. The lowest BCUT2D eigenvalue weighted by Crippen LogP contribution is -2.06. The summed E-state index contributed by atoms with van der Waals surface area (Å²) < 4.78 is 37.6. The van der Waals surface area contributed by atoms with Crippen LogP contribution in [-0.4, -0.2) is 12.5 Å². The molecule has 1 nitrogen and oxygen atoms in total. The summed E-state index contributed by atoms with van der Waals surface area (Å²) in [6, 6.07) is 1.91. The fourth-order valence-corrected chi connectivity index (χ4v) is 1.26. The molecule has 0 amide bonds. The highest BCUT2D eigenvalue weighted by Crippen LogP contribution is 2.19. The summed E-state index contributed by atoms with van der Waals surface area (Å²) in [5, 5.41) is 0. The molecule has 0 aliphatic rings. The van der Waals surface area contributed by atoms with Gasteiger partial charge in [0.2, 0.25) is 0 Å². The van der Waals surface area contributed by atoms with Crippen molar-refractivity contribution >= 4 is 21.7 Å². The van der Waals surface area contributed by atoms with Gasteiger partial charge in [-0.15, -0.1) is 0 Å². The number of Topliss-reactive ketones (excluding diaryl/α,β-unsaturated/α-hetero) is 1. The Hall–Kier alpha value is -0.840. The zero-order chi connectivity index (χ0) is 10.0. The van der Waals surface area contributed by atoms with Crippen molar-refractivity contribution in [3.63, 3.8) is 0 Å². The third-order valence-electron chi connectivity index (χ3n) is 1.41. The number of hydrogen-bond donors (Lipinski definition) is 0. The molecule has 0 N–H and O–H groups in total. The van der Waals surface area contributed by atoms with E-state index in [1.807, 2.05) is 0 Å². The minimum atomic E-state index is -1.34. The van der Waals surface area contributed by atoms with Gasteiger partial charge in [-0.1, -0.05) is 15.9 Å². The van der Waals surface area contributed by atoms with Crippen LogP contribution in [0.5, 0.6) is 0 Å². The van der Waals surface area contributed by atoms with Gasteiger partial charge in [0.15, 0.2) is 24.1 Å². The van der Waals surface area contributed by atoms with Gasteiger partial charge in [0.05, 0.1) is 5.56 Å². The van der Waals surface area contributed by atoms with Crippen LogP contribution in [0.3, 0.4) is 0 Å². The largest absolute Gasteiger partial charge is 0.291 e. The van der Waals surface area contributed by atoms with Gasteiger partial charge < -0.3 is 0 Å². The van der Waals surface area contributed by atoms with Crippen molar-refractivity contribution in [2.45, 2.75) is 0 Å². The maximum absolute atomic E-state index is 12.8. The Kier molecular flexibility index (Phi) is 3.08. The molecule has 0 radical (unpaired) electrons. The molecule has 13 heavy (non-hydrogen) atoms. The lowest BCUT2D eigenvalue weighted by molar-refractivity contribution is 0.0953. The van der Waals surface area contributed by atoms with Crippen LogP contribution in [0.1, 0.15) is 10.4 Å². The van der Waals surface area contributed by atoms with Crippen LogP contribution < -0.4 is 0 Å². The topological polar surface area (TPSA) is 17.1 Å². The molecule has 0 saturated heterocycles. The van der Waals surface area contributed by atoms with Gasteiger partial charge in [-0.3, -0.25) is 4.79 Å². The van der Waals surface area contributed by atoms with Crippen molar-refractivity contribution in [3.05, 3.63) is 33.8 Å². The van der Waals surface area contributed by atoms with E-state index in [0.29, 0.717) is 0 Å². The number of halogens is 4. The average Bonchev–Trinajstić information content (AvgIpc) is 2.10. The number of carbonyl (C=O) groups is 1. The molecule has 1 aromatic carbocycles. The molecule has 0 atom stereocenters. The minimum Gasteiger partial charge on any atom is -0.291 e. The summed E-state index contributed by atoms with van der Waals surface area (Å²) in [6.07, 6.45) is 0. The Balaban J connectivity index is 3.28. The molecule has 0 aromatic heterocycles. The van der Waals surface area contributed by atoms with E-state index in [1.165, 1.54) is 0 Å². The summed E-state index contributed by atoms with van der Waals surface area (Å²) in [5.74, 6) is -3.56. The standard InChI is InChI=1S/C8H4BrF3O/c9-4-1-5(7(13)3-10)8(12)6(11)2-4/h1-2H,3H2. The highest BCUT2D eigenvalue weighted by atomic mass is 79.9. The normalized spacial score (nSPS) is 10.2. The van der Waals surface area contributed by atoms with E-state index >= 15 is 0 Å². The van der Waals surface area contributed by atoms with Crippen LogP contribution >= 0.6 is 15.9 Å². The Morgan fingerprint density at radius 1 is 1.38 bits per heavy atom. The van der Waals surface area contributed by atoms with E-state index in [1.54, 1.807) is 0 Å². The zero-order valence-electron chi connectivity index (χ0n) is 6.28. The second kappa shape index (κ2) is 3.91. The summed E-state index contributed by atoms with van der Waals surface area (Å²) >= 11 is 2.86. The van der Waals surface area contributed by atoms with Crippen LogP contribution in [0.2, 0.25) is 0 Å². The molecule has 1 aromatic rings. The lowest BCUT2D eigenvalue weighted by Gasteiger charge is -2.01. The molecule has 0 saturated carbocycles. The van der Waals surface area contributed by atoms with E-state index in [4.69, 9.17) is 0 Å². The third-order valence-corrected chi connectivity index (χ3v) is 1.87. The molecular formula is C8H4BrF3O. The average molecular weight is 253 g/mol. The van der Waals surface area contributed by atoms with Gasteiger partial charge in [-0.25, -0.2) is 13.2 Å². The number of rotatable bonds is 2. The number of hydrogen-bond acceptors (Lipinski definition) is 1. The van der Waals surface area contributed by atoms with Crippen molar-refractivity contribution < 1.29 is 18.0 Å². The van der Waals surface area contributed by atoms with Gasteiger partial charge in [0, 0.05) is 4.47 Å². The first-order valence-corrected chi connectivity index (χ1v) is 4.09. The number of carbonyl (C=O) groups excluding carboxylic acids is 1. The molecule has 0 bridgehead atoms. The molecular weight excluding hydrogens is 249 g/mol. The monoisotopic (exact) mass is 252 g/mol. The molecule has 0 unspecified atom stereocenters. The molecule has 5 heteroatoms. The van der Waals surface area contributed by atoms with Gasteiger partial charge in [0.25, 0.3) is 0 Å². The number of benzene rings is 1. The summed E-state index contributed by atoms with van der Waals surface area (Å²) in [7, 11) is 0. The Morgan fingerprint density at radius 2 is 2.00 bits per heavy atom. The quantitative estimate of drug-likeness (QED) is 0.585. The Labute approximate surface area is 80.7 Å². The first kappa shape index (κ1) is 10.2. The third kappa shape index (κ3) is 2.09. The van der Waals surface area contributed by atoms with Crippen LogP contribution in [0.15, 0.2) is 16.6 Å². The fourth-order valence-electron chi connectivity index (χ4n) is 0.831. The highest BCUT2D eigenvalue weighted by Gasteiger charge is 2.16. The van der Waals surface area contributed by atoms with Crippen molar-refractivity contribution in [1.29, 1.82) is 0 Å². The van der Waals surface area contributed by atoms with Gasteiger partial charge in [-0.2, -0.15) is 0 Å². The molecule has 70 valence electrons. The van der Waals surface area contributed by atoms with E-state index < -0.39 is 29.7 Å². The van der Waals surface area contributed by atoms with Crippen LogP contribution in [0, 0.1) is 11.6 Å². The predicted octanol–water partition coefficient (Wildman–Crippen LogP) is 2.88. The van der Waals surface area contributed by atoms with Gasteiger partial charge >= 0.3 is 0 Å². The maximum Gasteiger partial charge on any atom is 0.196 e. The molecule has 1 rings (SSSR count). The molecule has 0 heterocycles. The van der Waals surface area contributed by atoms with E-state index in [-0.39, 0.29) is 4.47 Å². The Bertz CT molecular complexity index is 351. The van der Waals surface area contributed by atoms with Gasteiger partial charge in [0.1, 0.15) is 0 Å². The van der Waals surface area contributed by atoms with Crippen molar-refractivity contribution in [2.75, 3.05) is 6.67 Å². The van der Waals surface area contributed by atoms with Crippen LogP contribution in [0.4, 0.5) is 13.2 Å². The second-order valence-electron chi connectivity index (χ2n) is 2.31.